The Kier molecular flexibility index (Phi) is 7.16. The number of methoxy groups -OCH3 is 2. The van der Waals surface area contributed by atoms with Crippen LogP contribution >= 0.6 is 0 Å². The van der Waals surface area contributed by atoms with Gasteiger partial charge in [-0.3, -0.25) is 9.69 Å². The van der Waals surface area contributed by atoms with Gasteiger partial charge in [-0.05, 0) is 12.1 Å². The number of piperazine rings is 1. The first-order chi connectivity index (χ1) is 11.2. The highest BCUT2D eigenvalue weighted by molar-refractivity contribution is 5.76. The third-order valence-corrected chi connectivity index (χ3v) is 4.08. The third-order valence-electron chi connectivity index (χ3n) is 4.08. The number of hydrogen-bond donors (Lipinski definition) is 1. The van der Waals surface area contributed by atoms with Gasteiger partial charge in [-0.25, -0.2) is 0 Å². The molecule has 0 aromatic heterocycles. The summed E-state index contributed by atoms with van der Waals surface area (Å²) in [5, 5.41) is 2.86. The first-order valence-corrected chi connectivity index (χ1v) is 8.10. The van der Waals surface area contributed by atoms with E-state index in [9.17, 15) is 4.79 Å². The summed E-state index contributed by atoms with van der Waals surface area (Å²) in [5.41, 5.74) is 1.15. The van der Waals surface area contributed by atoms with E-state index in [2.05, 4.69) is 21.2 Å². The molecule has 23 heavy (non-hydrogen) atoms. The first kappa shape index (κ1) is 17.6. The molecule has 6 nitrogen and oxygen atoms in total. The first-order valence-electron chi connectivity index (χ1n) is 8.10. The summed E-state index contributed by atoms with van der Waals surface area (Å²) in [6.45, 7) is 5.77. The van der Waals surface area contributed by atoms with Crippen molar-refractivity contribution in [2.45, 2.75) is 6.42 Å². The van der Waals surface area contributed by atoms with E-state index in [1.165, 1.54) is 0 Å². The Morgan fingerprint density at radius 2 is 1.91 bits per heavy atom. The van der Waals surface area contributed by atoms with Crippen molar-refractivity contribution in [2.75, 3.05) is 65.0 Å². The summed E-state index contributed by atoms with van der Waals surface area (Å²) in [7, 11) is 3.34. The molecule has 1 aliphatic heterocycles. The van der Waals surface area contributed by atoms with Gasteiger partial charge in [-0.2, -0.15) is 0 Å². The Labute approximate surface area is 138 Å². The zero-order valence-corrected chi connectivity index (χ0v) is 14.1. The van der Waals surface area contributed by atoms with Gasteiger partial charge in [0.1, 0.15) is 5.75 Å². The lowest BCUT2D eigenvalue weighted by Gasteiger charge is -2.36. The van der Waals surface area contributed by atoms with Crippen LogP contribution in [0, 0.1) is 0 Å². The summed E-state index contributed by atoms with van der Waals surface area (Å²) in [6, 6.07) is 8.11. The molecule has 128 valence electrons. The van der Waals surface area contributed by atoms with Gasteiger partial charge >= 0.3 is 0 Å². The molecule has 1 heterocycles. The number of hydrogen-bond acceptors (Lipinski definition) is 5. The van der Waals surface area contributed by atoms with Crippen LogP contribution in [0.2, 0.25) is 0 Å². The Balaban J connectivity index is 1.72. The number of para-hydroxylation sites is 2. The van der Waals surface area contributed by atoms with E-state index in [1.54, 1.807) is 14.2 Å². The van der Waals surface area contributed by atoms with Gasteiger partial charge in [0.2, 0.25) is 5.91 Å². The molecule has 1 aromatic carbocycles. The fourth-order valence-corrected chi connectivity index (χ4v) is 2.74. The minimum Gasteiger partial charge on any atom is -0.495 e. The number of rotatable bonds is 8. The van der Waals surface area contributed by atoms with E-state index in [4.69, 9.17) is 9.47 Å². The van der Waals surface area contributed by atoms with E-state index in [1.807, 2.05) is 18.2 Å². The van der Waals surface area contributed by atoms with Crippen molar-refractivity contribution in [2.24, 2.45) is 0 Å². The molecule has 1 N–H and O–H groups in total. The van der Waals surface area contributed by atoms with Crippen molar-refractivity contribution < 1.29 is 14.3 Å². The van der Waals surface area contributed by atoms with Gasteiger partial charge in [-0.1, -0.05) is 12.1 Å². The van der Waals surface area contributed by atoms with Crippen LogP contribution in [0.1, 0.15) is 6.42 Å². The van der Waals surface area contributed by atoms with Crippen LogP contribution in [-0.2, 0) is 9.53 Å². The maximum atomic E-state index is 11.7. The fraction of sp³-hybridized carbons (Fsp3) is 0.588. The highest BCUT2D eigenvalue weighted by Gasteiger charge is 2.19. The smallest absolute Gasteiger partial charge is 0.221 e. The second-order valence-corrected chi connectivity index (χ2v) is 5.59. The van der Waals surface area contributed by atoms with Gasteiger partial charge in [0.05, 0.1) is 19.4 Å². The Morgan fingerprint density at radius 3 is 2.61 bits per heavy atom. The number of nitrogens with one attached hydrogen (secondary N) is 1. The number of amides is 1. The molecule has 1 aromatic rings. The van der Waals surface area contributed by atoms with E-state index >= 15 is 0 Å². The Bertz CT molecular complexity index is 488. The van der Waals surface area contributed by atoms with Crippen LogP contribution in [0.25, 0.3) is 0 Å². The van der Waals surface area contributed by atoms with E-state index in [-0.39, 0.29) is 5.91 Å². The lowest BCUT2D eigenvalue weighted by Crippen LogP contribution is -2.47. The van der Waals surface area contributed by atoms with Crippen LogP contribution in [0.3, 0.4) is 0 Å². The maximum Gasteiger partial charge on any atom is 0.221 e. The SMILES string of the molecule is COCCNC(=O)CCN1CCN(c2ccccc2OC)CC1. The lowest BCUT2D eigenvalue weighted by molar-refractivity contribution is -0.121. The van der Waals surface area contributed by atoms with Gasteiger partial charge in [-0.15, -0.1) is 0 Å². The van der Waals surface area contributed by atoms with Crippen molar-refractivity contribution in [3.63, 3.8) is 0 Å². The molecule has 2 rings (SSSR count). The Morgan fingerprint density at radius 1 is 1.17 bits per heavy atom. The molecule has 1 fully saturated rings. The molecule has 0 unspecified atom stereocenters. The van der Waals surface area contributed by atoms with Crippen LogP contribution in [0.4, 0.5) is 5.69 Å². The summed E-state index contributed by atoms with van der Waals surface area (Å²) < 4.78 is 10.4. The number of benzene rings is 1. The van der Waals surface area contributed by atoms with Crippen LogP contribution in [0.5, 0.6) is 5.75 Å². The van der Waals surface area contributed by atoms with Gasteiger partial charge in [0.15, 0.2) is 0 Å². The molecule has 0 aliphatic carbocycles. The van der Waals surface area contributed by atoms with E-state index < -0.39 is 0 Å². The van der Waals surface area contributed by atoms with Gasteiger partial charge in [0, 0.05) is 52.8 Å². The van der Waals surface area contributed by atoms with Crippen molar-refractivity contribution in [3.8, 4) is 5.75 Å². The number of carbonyl (C=O) groups is 1. The molecule has 0 atom stereocenters. The lowest BCUT2D eigenvalue weighted by atomic mass is 10.2. The van der Waals surface area contributed by atoms with E-state index in [0.29, 0.717) is 19.6 Å². The highest BCUT2D eigenvalue weighted by atomic mass is 16.5. The van der Waals surface area contributed by atoms with E-state index in [0.717, 1.165) is 44.2 Å². The second-order valence-electron chi connectivity index (χ2n) is 5.59. The predicted octanol–water partition coefficient (Wildman–Crippen LogP) is 0.970. The number of ether oxygens (including phenoxy) is 2. The van der Waals surface area contributed by atoms with Crippen LogP contribution < -0.4 is 15.0 Å². The van der Waals surface area contributed by atoms with Crippen molar-refractivity contribution in [1.29, 1.82) is 0 Å². The molecular weight excluding hydrogens is 294 g/mol. The normalized spacial score (nSPS) is 15.5. The molecule has 0 radical (unpaired) electrons. The molecule has 6 heteroatoms. The summed E-state index contributed by atoms with van der Waals surface area (Å²) in [5.74, 6) is 1.01. The second kappa shape index (κ2) is 9.37. The standard InChI is InChI=1S/C17H27N3O3/c1-22-14-8-18-17(21)7-9-19-10-12-20(13-11-19)15-5-3-4-6-16(15)23-2/h3-6H,7-14H2,1-2H3,(H,18,21). The molecule has 0 bridgehead atoms. The zero-order valence-electron chi connectivity index (χ0n) is 14.1. The fourth-order valence-electron chi connectivity index (χ4n) is 2.74. The minimum atomic E-state index is 0.0919. The Hall–Kier alpha value is -1.79. The number of carbonyl (C=O) groups excluding carboxylic acids is 1. The molecule has 1 amide bonds. The van der Waals surface area contributed by atoms with Gasteiger partial charge < -0.3 is 19.7 Å². The van der Waals surface area contributed by atoms with Crippen LogP contribution in [-0.4, -0.2) is 70.9 Å². The zero-order chi connectivity index (χ0) is 16.5. The summed E-state index contributed by atoms with van der Waals surface area (Å²) >= 11 is 0. The van der Waals surface area contributed by atoms with Crippen molar-refractivity contribution in [3.05, 3.63) is 24.3 Å². The molecular formula is C17H27N3O3. The average Bonchev–Trinajstić information content (AvgIpc) is 2.60. The maximum absolute atomic E-state index is 11.7. The molecule has 0 spiro atoms. The van der Waals surface area contributed by atoms with Gasteiger partial charge in [0.25, 0.3) is 0 Å². The largest absolute Gasteiger partial charge is 0.495 e. The molecule has 1 saturated heterocycles. The van der Waals surface area contributed by atoms with Crippen LogP contribution in [0.15, 0.2) is 24.3 Å². The average molecular weight is 321 g/mol. The topological polar surface area (TPSA) is 54.0 Å². The van der Waals surface area contributed by atoms with Crippen molar-refractivity contribution in [1.82, 2.24) is 10.2 Å². The molecule has 0 saturated carbocycles. The monoisotopic (exact) mass is 321 g/mol. The summed E-state index contributed by atoms with van der Waals surface area (Å²) in [4.78, 5) is 16.4. The quantitative estimate of drug-likeness (QED) is 0.723. The number of nitrogens with zero attached hydrogens (tertiary/aromatic N) is 2. The summed E-state index contributed by atoms with van der Waals surface area (Å²) in [6.07, 6.45) is 0.540. The predicted molar refractivity (Wildman–Crippen MR) is 91.1 cm³/mol. The third kappa shape index (κ3) is 5.41. The van der Waals surface area contributed by atoms with Crippen molar-refractivity contribution >= 4 is 11.6 Å². The number of anilines is 1. The minimum absolute atomic E-state index is 0.0919. The molecule has 1 aliphatic rings. The highest BCUT2D eigenvalue weighted by Crippen LogP contribution is 2.28.